The van der Waals surface area contributed by atoms with Crippen LogP contribution in [0.15, 0.2) is 24.3 Å². The molecular weight excluding hydrogens is 258 g/mol. The zero-order chi connectivity index (χ0) is 15.5. The van der Waals surface area contributed by atoms with E-state index in [1.54, 1.807) is 0 Å². The fraction of sp³-hybridized carbons (Fsp3) is 0.667. The molecule has 0 radical (unpaired) electrons. The van der Waals surface area contributed by atoms with Gasteiger partial charge in [-0.2, -0.15) is 0 Å². The topological polar surface area (TPSA) is 18.5 Å². The van der Waals surface area contributed by atoms with E-state index in [4.69, 9.17) is 0 Å². The molecule has 0 aromatic heterocycles. The third-order valence-corrected chi connectivity index (χ3v) is 4.64. The molecule has 1 aromatic carbocycles. The van der Waals surface area contributed by atoms with Gasteiger partial charge in [0.2, 0.25) is 0 Å². The summed E-state index contributed by atoms with van der Waals surface area (Å²) in [6.45, 7) is 13.7. The van der Waals surface area contributed by atoms with E-state index in [0.717, 1.165) is 32.6 Å². The zero-order valence-electron chi connectivity index (χ0n) is 14.3. The smallest absolute Gasteiger partial charge is 0.0415 e. The lowest BCUT2D eigenvalue weighted by atomic mass is 10.0. The molecule has 0 amide bonds. The fourth-order valence-electron chi connectivity index (χ4n) is 3.27. The molecule has 21 heavy (non-hydrogen) atoms. The van der Waals surface area contributed by atoms with Gasteiger partial charge < -0.3 is 10.2 Å². The summed E-state index contributed by atoms with van der Waals surface area (Å²) in [5.41, 5.74) is 3.13. The van der Waals surface area contributed by atoms with Gasteiger partial charge in [0.25, 0.3) is 0 Å². The molecule has 1 saturated heterocycles. The van der Waals surface area contributed by atoms with Gasteiger partial charge in [0, 0.05) is 43.4 Å². The molecule has 1 heterocycles. The van der Waals surface area contributed by atoms with E-state index in [1.165, 1.54) is 11.3 Å². The van der Waals surface area contributed by atoms with Gasteiger partial charge in [-0.3, -0.25) is 4.90 Å². The molecule has 0 bridgehead atoms. The van der Waals surface area contributed by atoms with Crippen LogP contribution >= 0.6 is 0 Å². The maximum atomic E-state index is 3.44. The zero-order valence-corrected chi connectivity index (χ0v) is 14.3. The Labute approximate surface area is 130 Å². The van der Waals surface area contributed by atoms with Gasteiger partial charge in [-0.25, -0.2) is 0 Å². The SMILES string of the molecule is CCC(NC)c1ccccc1N1CCN(C(C)(C)C)CC1. The minimum atomic E-state index is 0.280. The summed E-state index contributed by atoms with van der Waals surface area (Å²) < 4.78 is 0. The van der Waals surface area contributed by atoms with Crippen LogP contribution in [0.1, 0.15) is 45.7 Å². The van der Waals surface area contributed by atoms with Crippen LogP contribution in [0.5, 0.6) is 0 Å². The lowest BCUT2D eigenvalue weighted by molar-refractivity contribution is 0.128. The van der Waals surface area contributed by atoms with E-state index in [0.29, 0.717) is 6.04 Å². The van der Waals surface area contributed by atoms with Crippen LogP contribution in [-0.2, 0) is 0 Å². The van der Waals surface area contributed by atoms with E-state index >= 15 is 0 Å². The minimum absolute atomic E-state index is 0.280. The monoisotopic (exact) mass is 289 g/mol. The fourth-order valence-corrected chi connectivity index (χ4v) is 3.27. The second kappa shape index (κ2) is 6.80. The molecule has 0 spiro atoms. The van der Waals surface area contributed by atoms with E-state index in [1.807, 2.05) is 0 Å². The molecule has 3 nitrogen and oxygen atoms in total. The second-order valence-corrected chi connectivity index (χ2v) is 6.95. The predicted molar refractivity (Wildman–Crippen MR) is 92.1 cm³/mol. The van der Waals surface area contributed by atoms with Crippen LogP contribution in [0, 0.1) is 0 Å². The standard InChI is InChI=1S/C18H31N3/c1-6-16(19-5)15-9-7-8-10-17(15)20-11-13-21(14-12-20)18(2,3)4/h7-10,16,19H,6,11-14H2,1-5H3. The first kappa shape index (κ1) is 16.3. The Morgan fingerprint density at radius 1 is 1.10 bits per heavy atom. The van der Waals surface area contributed by atoms with Crippen molar-refractivity contribution < 1.29 is 0 Å². The summed E-state index contributed by atoms with van der Waals surface area (Å²) in [4.78, 5) is 5.14. The molecular formula is C18H31N3. The van der Waals surface area contributed by atoms with Crippen LogP contribution in [0.25, 0.3) is 0 Å². The Bertz CT molecular complexity index is 438. The first-order chi connectivity index (χ1) is 9.97. The van der Waals surface area contributed by atoms with Gasteiger partial charge in [-0.05, 0) is 45.9 Å². The minimum Gasteiger partial charge on any atom is -0.369 e. The summed E-state index contributed by atoms with van der Waals surface area (Å²) in [5.74, 6) is 0. The Morgan fingerprint density at radius 2 is 1.71 bits per heavy atom. The number of hydrogen-bond donors (Lipinski definition) is 1. The van der Waals surface area contributed by atoms with Gasteiger partial charge >= 0.3 is 0 Å². The van der Waals surface area contributed by atoms with Crippen molar-refractivity contribution in [2.45, 2.75) is 45.7 Å². The van der Waals surface area contributed by atoms with Crippen LogP contribution in [-0.4, -0.2) is 43.7 Å². The van der Waals surface area contributed by atoms with E-state index in [-0.39, 0.29) is 5.54 Å². The molecule has 0 saturated carbocycles. The van der Waals surface area contributed by atoms with Gasteiger partial charge in [-0.15, -0.1) is 0 Å². The quantitative estimate of drug-likeness (QED) is 0.917. The second-order valence-electron chi connectivity index (χ2n) is 6.95. The summed E-state index contributed by atoms with van der Waals surface area (Å²) in [5, 5.41) is 3.44. The number of nitrogens with zero attached hydrogens (tertiary/aromatic N) is 2. The lowest BCUT2D eigenvalue weighted by Gasteiger charge is -2.43. The van der Waals surface area contributed by atoms with Crippen molar-refractivity contribution in [3.05, 3.63) is 29.8 Å². The number of benzene rings is 1. The molecule has 2 rings (SSSR count). The number of anilines is 1. The maximum absolute atomic E-state index is 3.44. The van der Waals surface area contributed by atoms with Gasteiger partial charge in [0.15, 0.2) is 0 Å². The summed E-state index contributed by atoms with van der Waals surface area (Å²) in [6.07, 6.45) is 1.12. The average molecular weight is 289 g/mol. The highest BCUT2D eigenvalue weighted by molar-refractivity contribution is 5.55. The molecule has 1 fully saturated rings. The van der Waals surface area contributed by atoms with Crippen molar-refractivity contribution >= 4 is 5.69 Å². The molecule has 3 heteroatoms. The molecule has 1 aliphatic rings. The van der Waals surface area contributed by atoms with Crippen molar-refractivity contribution in [2.75, 3.05) is 38.1 Å². The van der Waals surface area contributed by atoms with Crippen LogP contribution in [0.2, 0.25) is 0 Å². The Kier molecular flexibility index (Phi) is 5.28. The average Bonchev–Trinajstić information content (AvgIpc) is 2.48. The molecule has 118 valence electrons. The Morgan fingerprint density at radius 3 is 2.24 bits per heavy atom. The van der Waals surface area contributed by atoms with Gasteiger partial charge in [-0.1, -0.05) is 25.1 Å². The Balaban J connectivity index is 2.14. The van der Waals surface area contributed by atoms with Crippen molar-refractivity contribution in [1.82, 2.24) is 10.2 Å². The van der Waals surface area contributed by atoms with Crippen LogP contribution in [0.4, 0.5) is 5.69 Å². The summed E-state index contributed by atoms with van der Waals surface area (Å²) in [7, 11) is 2.06. The van der Waals surface area contributed by atoms with Crippen molar-refractivity contribution in [2.24, 2.45) is 0 Å². The number of hydrogen-bond acceptors (Lipinski definition) is 3. The van der Waals surface area contributed by atoms with Crippen LogP contribution in [0.3, 0.4) is 0 Å². The van der Waals surface area contributed by atoms with Gasteiger partial charge in [0.1, 0.15) is 0 Å². The third-order valence-electron chi connectivity index (χ3n) is 4.64. The highest BCUT2D eigenvalue weighted by Gasteiger charge is 2.27. The molecule has 1 aliphatic heterocycles. The molecule has 1 atom stereocenters. The molecule has 1 N–H and O–H groups in total. The molecule has 1 unspecified atom stereocenters. The van der Waals surface area contributed by atoms with Crippen molar-refractivity contribution in [3.63, 3.8) is 0 Å². The van der Waals surface area contributed by atoms with E-state index < -0.39 is 0 Å². The van der Waals surface area contributed by atoms with Crippen molar-refractivity contribution in [1.29, 1.82) is 0 Å². The molecule has 1 aromatic rings. The largest absolute Gasteiger partial charge is 0.369 e. The highest BCUT2D eigenvalue weighted by atomic mass is 15.3. The third kappa shape index (κ3) is 3.78. The number of piperazine rings is 1. The maximum Gasteiger partial charge on any atom is 0.0415 e. The number of rotatable bonds is 4. The normalized spacial score (nSPS) is 18.8. The number of para-hydroxylation sites is 1. The highest BCUT2D eigenvalue weighted by Crippen LogP contribution is 2.29. The number of nitrogens with one attached hydrogen (secondary N) is 1. The van der Waals surface area contributed by atoms with E-state index in [2.05, 4.69) is 74.1 Å². The lowest BCUT2D eigenvalue weighted by Crippen LogP contribution is -2.53. The summed E-state index contributed by atoms with van der Waals surface area (Å²) >= 11 is 0. The van der Waals surface area contributed by atoms with Crippen LogP contribution < -0.4 is 10.2 Å². The molecule has 0 aliphatic carbocycles. The van der Waals surface area contributed by atoms with E-state index in [9.17, 15) is 0 Å². The first-order valence-corrected chi connectivity index (χ1v) is 8.23. The predicted octanol–water partition coefficient (Wildman–Crippen LogP) is 3.28. The first-order valence-electron chi connectivity index (χ1n) is 8.23. The summed E-state index contributed by atoms with van der Waals surface area (Å²) in [6, 6.07) is 9.32. The Hall–Kier alpha value is -1.06. The van der Waals surface area contributed by atoms with Gasteiger partial charge in [0.05, 0.1) is 0 Å². The van der Waals surface area contributed by atoms with Crippen molar-refractivity contribution in [3.8, 4) is 0 Å².